The maximum Gasteiger partial charge on any atom is 0.257 e. The van der Waals surface area contributed by atoms with E-state index in [1.807, 2.05) is 0 Å². The van der Waals surface area contributed by atoms with Gasteiger partial charge in [0.05, 0.1) is 18.8 Å². The van der Waals surface area contributed by atoms with E-state index < -0.39 is 17.8 Å². The summed E-state index contributed by atoms with van der Waals surface area (Å²) in [7, 11) is 0. The third-order valence-electron chi connectivity index (χ3n) is 3.72. The van der Waals surface area contributed by atoms with Crippen molar-refractivity contribution >= 4 is 11.8 Å². The van der Waals surface area contributed by atoms with Crippen molar-refractivity contribution < 1.29 is 18.7 Å². The topological polar surface area (TPSA) is 58.6 Å². The zero-order valence-corrected chi connectivity index (χ0v) is 11.5. The summed E-state index contributed by atoms with van der Waals surface area (Å²) in [4.78, 5) is 26.1. The highest BCUT2D eigenvalue weighted by molar-refractivity contribution is 5.98. The van der Waals surface area contributed by atoms with E-state index in [-0.39, 0.29) is 30.7 Å². The molecule has 1 heterocycles. The normalized spacial score (nSPS) is 22.0. The van der Waals surface area contributed by atoms with Crippen LogP contribution in [0.2, 0.25) is 0 Å². The molecule has 0 radical (unpaired) electrons. The molecule has 5 nitrogen and oxygen atoms in total. The van der Waals surface area contributed by atoms with Gasteiger partial charge in [-0.3, -0.25) is 9.59 Å². The molecule has 6 heteroatoms. The number of amides is 2. The Kier molecular flexibility index (Phi) is 3.88. The van der Waals surface area contributed by atoms with Crippen LogP contribution in [0.5, 0.6) is 0 Å². The van der Waals surface area contributed by atoms with Gasteiger partial charge in [0.15, 0.2) is 0 Å². The van der Waals surface area contributed by atoms with Gasteiger partial charge in [-0.1, -0.05) is 12.1 Å². The molecule has 1 saturated carbocycles. The van der Waals surface area contributed by atoms with Crippen LogP contribution in [-0.4, -0.2) is 48.6 Å². The summed E-state index contributed by atoms with van der Waals surface area (Å²) < 4.78 is 19.1. The second-order valence-electron chi connectivity index (χ2n) is 5.35. The van der Waals surface area contributed by atoms with Crippen LogP contribution in [0.15, 0.2) is 24.3 Å². The zero-order valence-electron chi connectivity index (χ0n) is 11.5. The number of benzene rings is 1. The van der Waals surface area contributed by atoms with Crippen molar-refractivity contribution in [2.75, 3.05) is 19.8 Å². The SMILES string of the molecule is O=C(NC1CC1)C1COCCN1C(=O)c1ccccc1F. The fourth-order valence-corrected chi connectivity index (χ4v) is 2.38. The molecule has 1 atom stereocenters. The minimum Gasteiger partial charge on any atom is -0.377 e. The number of morpholine rings is 1. The summed E-state index contributed by atoms with van der Waals surface area (Å²) in [6.45, 7) is 0.794. The second-order valence-corrected chi connectivity index (χ2v) is 5.35. The van der Waals surface area contributed by atoms with Crippen molar-refractivity contribution in [2.45, 2.75) is 24.9 Å². The molecular weight excluding hydrogens is 275 g/mol. The maximum atomic E-state index is 13.8. The Hall–Kier alpha value is -1.95. The van der Waals surface area contributed by atoms with E-state index in [1.54, 1.807) is 6.07 Å². The lowest BCUT2D eigenvalue weighted by Crippen LogP contribution is -2.56. The molecule has 1 aromatic rings. The van der Waals surface area contributed by atoms with E-state index in [9.17, 15) is 14.0 Å². The third-order valence-corrected chi connectivity index (χ3v) is 3.72. The second kappa shape index (κ2) is 5.81. The molecule has 0 aromatic heterocycles. The Morgan fingerprint density at radius 1 is 1.29 bits per heavy atom. The molecule has 1 N–H and O–H groups in total. The van der Waals surface area contributed by atoms with Crippen LogP contribution in [0, 0.1) is 5.82 Å². The van der Waals surface area contributed by atoms with Gasteiger partial charge in [-0.05, 0) is 25.0 Å². The summed E-state index contributed by atoms with van der Waals surface area (Å²) >= 11 is 0. The molecule has 1 saturated heterocycles. The molecule has 2 fully saturated rings. The van der Waals surface area contributed by atoms with Crippen LogP contribution in [-0.2, 0) is 9.53 Å². The first-order valence-corrected chi connectivity index (χ1v) is 7.10. The smallest absolute Gasteiger partial charge is 0.257 e. The van der Waals surface area contributed by atoms with Gasteiger partial charge in [0.2, 0.25) is 5.91 Å². The van der Waals surface area contributed by atoms with Crippen molar-refractivity contribution in [1.29, 1.82) is 0 Å². The Morgan fingerprint density at radius 3 is 2.76 bits per heavy atom. The first-order valence-electron chi connectivity index (χ1n) is 7.10. The Balaban J connectivity index is 1.78. The summed E-state index contributed by atoms with van der Waals surface area (Å²) in [5, 5.41) is 2.87. The van der Waals surface area contributed by atoms with Crippen LogP contribution < -0.4 is 5.32 Å². The molecule has 1 unspecified atom stereocenters. The van der Waals surface area contributed by atoms with Gasteiger partial charge >= 0.3 is 0 Å². The number of carbonyl (C=O) groups excluding carboxylic acids is 2. The molecule has 3 rings (SSSR count). The summed E-state index contributed by atoms with van der Waals surface area (Å²) in [6, 6.07) is 5.34. The molecular formula is C15H17FN2O3. The van der Waals surface area contributed by atoms with Crippen molar-refractivity contribution in [3.05, 3.63) is 35.6 Å². The van der Waals surface area contributed by atoms with Gasteiger partial charge in [0, 0.05) is 12.6 Å². The van der Waals surface area contributed by atoms with E-state index in [0.717, 1.165) is 12.8 Å². The standard InChI is InChI=1S/C15H17FN2O3/c16-12-4-2-1-3-11(12)15(20)18-7-8-21-9-13(18)14(19)17-10-5-6-10/h1-4,10,13H,5-9H2,(H,17,19). The van der Waals surface area contributed by atoms with Crippen LogP contribution in [0.3, 0.4) is 0 Å². The number of hydrogen-bond acceptors (Lipinski definition) is 3. The third kappa shape index (κ3) is 3.05. The predicted octanol–water partition coefficient (Wildman–Crippen LogP) is 0.945. The Labute approximate surface area is 122 Å². The number of ether oxygens (including phenoxy) is 1. The summed E-state index contributed by atoms with van der Waals surface area (Å²) in [5.41, 5.74) is -0.0105. The van der Waals surface area contributed by atoms with Crippen LogP contribution in [0.4, 0.5) is 4.39 Å². The van der Waals surface area contributed by atoms with Gasteiger partial charge in [-0.25, -0.2) is 4.39 Å². The number of rotatable bonds is 3. The van der Waals surface area contributed by atoms with Crippen molar-refractivity contribution in [3.63, 3.8) is 0 Å². The van der Waals surface area contributed by atoms with Gasteiger partial charge in [0.25, 0.3) is 5.91 Å². The van der Waals surface area contributed by atoms with Crippen LogP contribution >= 0.6 is 0 Å². The molecule has 0 spiro atoms. The van der Waals surface area contributed by atoms with Crippen molar-refractivity contribution in [1.82, 2.24) is 10.2 Å². The van der Waals surface area contributed by atoms with Gasteiger partial charge in [-0.15, -0.1) is 0 Å². The molecule has 2 aliphatic rings. The van der Waals surface area contributed by atoms with Gasteiger partial charge < -0.3 is 15.0 Å². The lowest BCUT2D eigenvalue weighted by atomic mass is 10.1. The molecule has 1 aromatic carbocycles. The average Bonchev–Trinajstić information content (AvgIpc) is 3.31. The average molecular weight is 292 g/mol. The Bertz CT molecular complexity index is 560. The summed E-state index contributed by atoms with van der Waals surface area (Å²) in [5.74, 6) is -1.26. The first-order chi connectivity index (χ1) is 10.2. The first kappa shape index (κ1) is 14.0. The van der Waals surface area contributed by atoms with Crippen LogP contribution in [0.1, 0.15) is 23.2 Å². The van der Waals surface area contributed by atoms with Crippen molar-refractivity contribution in [2.24, 2.45) is 0 Å². The minimum absolute atomic E-state index is 0.0105. The molecule has 1 aliphatic carbocycles. The molecule has 21 heavy (non-hydrogen) atoms. The molecule has 112 valence electrons. The minimum atomic E-state index is -0.688. The lowest BCUT2D eigenvalue weighted by Gasteiger charge is -2.34. The van der Waals surface area contributed by atoms with E-state index in [0.29, 0.717) is 6.61 Å². The number of nitrogens with one attached hydrogen (secondary N) is 1. The highest BCUT2D eigenvalue weighted by atomic mass is 19.1. The number of hydrogen-bond donors (Lipinski definition) is 1. The van der Waals surface area contributed by atoms with Crippen molar-refractivity contribution in [3.8, 4) is 0 Å². The Morgan fingerprint density at radius 2 is 2.05 bits per heavy atom. The van der Waals surface area contributed by atoms with E-state index >= 15 is 0 Å². The molecule has 2 amide bonds. The quantitative estimate of drug-likeness (QED) is 0.902. The number of nitrogens with zero attached hydrogens (tertiary/aromatic N) is 1. The zero-order chi connectivity index (χ0) is 14.8. The largest absolute Gasteiger partial charge is 0.377 e. The van der Waals surface area contributed by atoms with E-state index in [4.69, 9.17) is 4.74 Å². The fourth-order valence-electron chi connectivity index (χ4n) is 2.38. The predicted molar refractivity (Wildman–Crippen MR) is 73.2 cm³/mol. The van der Waals surface area contributed by atoms with Gasteiger partial charge in [-0.2, -0.15) is 0 Å². The van der Waals surface area contributed by atoms with Gasteiger partial charge in [0.1, 0.15) is 11.9 Å². The molecule has 0 bridgehead atoms. The summed E-state index contributed by atoms with van der Waals surface area (Å²) in [6.07, 6.45) is 1.95. The van der Waals surface area contributed by atoms with Crippen LogP contribution in [0.25, 0.3) is 0 Å². The van der Waals surface area contributed by atoms with E-state index in [2.05, 4.69) is 5.32 Å². The monoisotopic (exact) mass is 292 g/mol. The highest BCUT2D eigenvalue weighted by Gasteiger charge is 2.36. The lowest BCUT2D eigenvalue weighted by molar-refractivity contribution is -0.130. The maximum absolute atomic E-state index is 13.8. The van der Waals surface area contributed by atoms with E-state index in [1.165, 1.54) is 23.1 Å². The molecule has 1 aliphatic heterocycles. The number of halogens is 1. The fraction of sp³-hybridized carbons (Fsp3) is 0.467. The number of carbonyl (C=O) groups is 2. The highest BCUT2D eigenvalue weighted by Crippen LogP contribution is 2.20.